The van der Waals surface area contributed by atoms with Crippen LogP contribution in [0.1, 0.15) is 30.5 Å². The SMILES string of the molecule is COc1ccc(CN(Cc2ccncc2)Cc2ccc3c(c2)OCO3)cc1OC(C)C. The van der Waals surface area contributed by atoms with Crippen molar-refractivity contribution in [2.75, 3.05) is 13.9 Å². The molecule has 0 saturated carbocycles. The molecule has 0 unspecified atom stereocenters. The van der Waals surface area contributed by atoms with Crippen LogP contribution in [0.15, 0.2) is 60.9 Å². The summed E-state index contributed by atoms with van der Waals surface area (Å²) in [6, 6.07) is 16.4. The number of rotatable bonds is 9. The molecule has 162 valence electrons. The lowest BCUT2D eigenvalue weighted by Crippen LogP contribution is -2.22. The van der Waals surface area contributed by atoms with E-state index in [2.05, 4.69) is 34.1 Å². The molecule has 1 aromatic heterocycles. The highest BCUT2D eigenvalue weighted by Crippen LogP contribution is 2.33. The Bertz CT molecular complexity index is 1010. The second-order valence-corrected chi connectivity index (χ2v) is 7.84. The van der Waals surface area contributed by atoms with Gasteiger partial charge in [0, 0.05) is 32.0 Å². The Hall–Kier alpha value is -3.25. The smallest absolute Gasteiger partial charge is 0.231 e. The van der Waals surface area contributed by atoms with E-state index in [1.54, 1.807) is 7.11 Å². The summed E-state index contributed by atoms with van der Waals surface area (Å²) in [5.74, 6) is 3.12. The van der Waals surface area contributed by atoms with Crippen molar-refractivity contribution in [2.45, 2.75) is 39.6 Å². The summed E-state index contributed by atoms with van der Waals surface area (Å²) in [6.45, 7) is 6.64. The fourth-order valence-electron chi connectivity index (χ4n) is 3.64. The zero-order valence-corrected chi connectivity index (χ0v) is 18.2. The monoisotopic (exact) mass is 420 g/mol. The standard InChI is InChI=1S/C25H28N2O4/c1-18(2)31-25-13-21(4-6-22(25)28-3)16-27(14-19-8-10-26-11-9-19)15-20-5-7-23-24(12-20)30-17-29-23/h4-13,18H,14-17H2,1-3H3. The lowest BCUT2D eigenvalue weighted by molar-refractivity contribution is 0.174. The van der Waals surface area contributed by atoms with Gasteiger partial charge in [0.15, 0.2) is 23.0 Å². The Morgan fingerprint density at radius 1 is 0.839 bits per heavy atom. The lowest BCUT2D eigenvalue weighted by Gasteiger charge is -2.24. The number of nitrogens with zero attached hydrogens (tertiary/aromatic N) is 2. The first-order chi connectivity index (χ1) is 15.1. The third-order valence-corrected chi connectivity index (χ3v) is 5.00. The summed E-state index contributed by atoms with van der Waals surface area (Å²) in [6.07, 6.45) is 3.73. The van der Waals surface area contributed by atoms with Gasteiger partial charge in [-0.1, -0.05) is 12.1 Å². The Morgan fingerprint density at radius 2 is 1.52 bits per heavy atom. The molecule has 0 amide bonds. The largest absolute Gasteiger partial charge is 0.493 e. The number of ether oxygens (including phenoxy) is 4. The molecule has 0 atom stereocenters. The minimum atomic E-state index is 0.0747. The van der Waals surface area contributed by atoms with Crippen LogP contribution in [0.4, 0.5) is 0 Å². The van der Waals surface area contributed by atoms with Crippen molar-refractivity contribution in [3.63, 3.8) is 0 Å². The van der Waals surface area contributed by atoms with Gasteiger partial charge in [-0.2, -0.15) is 0 Å². The second kappa shape index (κ2) is 9.71. The van der Waals surface area contributed by atoms with Crippen LogP contribution in [0.25, 0.3) is 0 Å². The number of hydrogen-bond acceptors (Lipinski definition) is 6. The van der Waals surface area contributed by atoms with Gasteiger partial charge in [-0.3, -0.25) is 9.88 Å². The van der Waals surface area contributed by atoms with E-state index in [1.807, 2.05) is 50.5 Å². The van der Waals surface area contributed by atoms with Crippen molar-refractivity contribution >= 4 is 0 Å². The van der Waals surface area contributed by atoms with Crippen molar-refractivity contribution in [1.29, 1.82) is 0 Å². The molecule has 6 nitrogen and oxygen atoms in total. The number of pyridine rings is 1. The normalized spacial score (nSPS) is 12.4. The summed E-state index contributed by atoms with van der Waals surface area (Å²) in [5.41, 5.74) is 3.54. The van der Waals surface area contributed by atoms with E-state index >= 15 is 0 Å². The summed E-state index contributed by atoms with van der Waals surface area (Å²) in [7, 11) is 1.66. The number of hydrogen-bond donors (Lipinski definition) is 0. The predicted octanol–water partition coefficient (Wildman–Crippen LogP) is 4.81. The van der Waals surface area contributed by atoms with Crippen LogP contribution in [-0.2, 0) is 19.6 Å². The minimum absolute atomic E-state index is 0.0747. The number of benzene rings is 2. The van der Waals surface area contributed by atoms with Gasteiger partial charge in [0.2, 0.25) is 6.79 Å². The number of fused-ring (bicyclic) bond motifs is 1. The average Bonchev–Trinajstić information content (AvgIpc) is 3.22. The molecule has 0 spiro atoms. The fourth-order valence-corrected chi connectivity index (χ4v) is 3.64. The van der Waals surface area contributed by atoms with Crippen molar-refractivity contribution in [3.05, 3.63) is 77.6 Å². The topological polar surface area (TPSA) is 53.1 Å². The maximum Gasteiger partial charge on any atom is 0.231 e. The van der Waals surface area contributed by atoms with Crippen LogP contribution in [0.5, 0.6) is 23.0 Å². The van der Waals surface area contributed by atoms with Gasteiger partial charge in [-0.25, -0.2) is 0 Å². The molecule has 2 aromatic carbocycles. The Balaban J connectivity index is 1.57. The molecule has 0 radical (unpaired) electrons. The maximum absolute atomic E-state index is 5.96. The summed E-state index contributed by atoms with van der Waals surface area (Å²) < 4.78 is 22.4. The molecule has 0 fully saturated rings. The second-order valence-electron chi connectivity index (χ2n) is 7.84. The summed E-state index contributed by atoms with van der Waals surface area (Å²) in [5, 5.41) is 0. The van der Waals surface area contributed by atoms with Crippen molar-refractivity contribution in [2.24, 2.45) is 0 Å². The molecular formula is C25H28N2O4. The van der Waals surface area contributed by atoms with Crippen LogP contribution in [0.2, 0.25) is 0 Å². The highest BCUT2D eigenvalue weighted by Gasteiger charge is 2.16. The number of methoxy groups -OCH3 is 1. The van der Waals surface area contributed by atoms with Crippen molar-refractivity contribution in [3.8, 4) is 23.0 Å². The van der Waals surface area contributed by atoms with Gasteiger partial charge in [0.25, 0.3) is 0 Å². The molecule has 0 bridgehead atoms. The molecule has 4 rings (SSSR count). The first-order valence-corrected chi connectivity index (χ1v) is 10.4. The van der Waals surface area contributed by atoms with Gasteiger partial charge in [-0.15, -0.1) is 0 Å². The molecule has 31 heavy (non-hydrogen) atoms. The molecule has 2 heterocycles. The first kappa shape index (κ1) is 21.0. The quantitative estimate of drug-likeness (QED) is 0.495. The fraction of sp³-hybridized carbons (Fsp3) is 0.320. The van der Waals surface area contributed by atoms with E-state index in [0.29, 0.717) is 0 Å². The van der Waals surface area contributed by atoms with Crippen LogP contribution in [-0.4, -0.2) is 29.9 Å². The molecule has 0 saturated heterocycles. The van der Waals surface area contributed by atoms with E-state index in [1.165, 1.54) is 11.1 Å². The Morgan fingerprint density at radius 3 is 2.26 bits per heavy atom. The zero-order valence-electron chi connectivity index (χ0n) is 18.2. The van der Waals surface area contributed by atoms with E-state index < -0.39 is 0 Å². The highest BCUT2D eigenvalue weighted by molar-refractivity contribution is 5.45. The molecule has 1 aliphatic heterocycles. The van der Waals surface area contributed by atoms with E-state index in [9.17, 15) is 0 Å². The third kappa shape index (κ3) is 5.47. The average molecular weight is 421 g/mol. The molecule has 0 aliphatic carbocycles. The summed E-state index contributed by atoms with van der Waals surface area (Å²) >= 11 is 0. The lowest BCUT2D eigenvalue weighted by atomic mass is 10.1. The van der Waals surface area contributed by atoms with Crippen LogP contribution in [0.3, 0.4) is 0 Å². The van der Waals surface area contributed by atoms with Gasteiger partial charge < -0.3 is 18.9 Å². The van der Waals surface area contributed by atoms with Crippen LogP contribution in [0, 0.1) is 0 Å². The molecular weight excluding hydrogens is 392 g/mol. The highest BCUT2D eigenvalue weighted by atomic mass is 16.7. The van der Waals surface area contributed by atoms with E-state index in [4.69, 9.17) is 18.9 Å². The van der Waals surface area contributed by atoms with Gasteiger partial charge in [0.1, 0.15) is 0 Å². The van der Waals surface area contributed by atoms with Gasteiger partial charge >= 0.3 is 0 Å². The van der Waals surface area contributed by atoms with E-state index in [0.717, 1.165) is 48.2 Å². The summed E-state index contributed by atoms with van der Waals surface area (Å²) in [4.78, 5) is 6.52. The first-order valence-electron chi connectivity index (χ1n) is 10.4. The van der Waals surface area contributed by atoms with Crippen LogP contribution >= 0.6 is 0 Å². The molecule has 0 N–H and O–H groups in total. The van der Waals surface area contributed by atoms with Gasteiger partial charge in [-0.05, 0) is 66.9 Å². The Kier molecular flexibility index (Phi) is 6.57. The minimum Gasteiger partial charge on any atom is -0.493 e. The van der Waals surface area contributed by atoms with Crippen LogP contribution < -0.4 is 18.9 Å². The molecule has 1 aliphatic rings. The third-order valence-electron chi connectivity index (χ3n) is 5.00. The molecule has 3 aromatic rings. The maximum atomic E-state index is 5.96. The van der Waals surface area contributed by atoms with Crippen molar-refractivity contribution < 1.29 is 18.9 Å². The zero-order chi connectivity index (χ0) is 21.6. The van der Waals surface area contributed by atoms with Crippen molar-refractivity contribution in [1.82, 2.24) is 9.88 Å². The van der Waals surface area contributed by atoms with Gasteiger partial charge in [0.05, 0.1) is 13.2 Å². The molecule has 6 heteroatoms. The van der Waals surface area contributed by atoms with E-state index in [-0.39, 0.29) is 12.9 Å². The Labute approximate surface area is 183 Å². The predicted molar refractivity (Wildman–Crippen MR) is 119 cm³/mol. The number of aromatic nitrogens is 1.